The van der Waals surface area contributed by atoms with E-state index >= 15 is 0 Å². The molecule has 96 valence electrons. The number of rotatable bonds is 4. The van der Waals surface area contributed by atoms with Gasteiger partial charge in [-0.25, -0.2) is 0 Å². The normalized spacial score (nSPS) is 18.5. The fourth-order valence-electron chi connectivity index (χ4n) is 2.02. The van der Waals surface area contributed by atoms with Gasteiger partial charge in [-0.3, -0.25) is 9.59 Å². The lowest BCUT2D eigenvalue weighted by Crippen LogP contribution is -2.42. The van der Waals surface area contributed by atoms with Crippen LogP contribution >= 0.6 is 0 Å². The molecule has 0 spiro atoms. The molecule has 0 aromatic heterocycles. The summed E-state index contributed by atoms with van der Waals surface area (Å²) in [4.78, 5) is 22.7. The Morgan fingerprint density at radius 2 is 2.11 bits per heavy atom. The van der Waals surface area contributed by atoms with E-state index in [0.29, 0.717) is 19.4 Å². The third-order valence-electron chi connectivity index (χ3n) is 3.15. The number of aryl methyl sites for hydroxylation is 1. The number of hydrogen-bond acceptors (Lipinski definition) is 2. The van der Waals surface area contributed by atoms with Crippen LogP contribution in [0, 0.1) is 6.92 Å². The van der Waals surface area contributed by atoms with Crippen molar-refractivity contribution in [2.75, 3.05) is 6.54 Å². The molecule has 2 rings (SSSR count). The third-order valence-corrected chi connectivity index (χ3v) is 3.15. The topological polar surface area (TPSA) is 58.2 Å². The standard InChI is InChI=1S/C14H18N2O2/c1-10-2-4-11(5-3-10)8-9-15-14(18)12-6-7-13(17)16-12/h2-5,12H,6-9H2,1H3,(H,15,18)(H,16,17)/t12-/m1/s1. The Labute approximate surface area is 107 Å². The Balaban J connectivity index is 1.73. The second-order valence-electron chi connectivity index (χ2n) is 4.69. The number of nitrogens with one attached hydrogen (secondary N) is 2. The van der Waals surface area contributed by atoms with Crippen LogP contribution in [-0.2, 0) is 16.0 Å². The molecule has 18 heavy (non-hydrogen) atoms. The van der Waals surface area contributed by atoms with E-state index in [1.54, 1.807) is 0 Å². The quantitative estimate of drug-likeness (QED) is 0.830. The van der Waals surface area contributed by atoms with Gasteiger partial charge in [0.05, 0.1) is 0 Å². The van der Waals surface area contributed by atoms with E-state index < -0.39 is 0 Å². The molecule has 0 radical (unpaired) electrons. The summed E-state index contributed by atoms with van der Waals surface area (Å²) in [7, 11) is 0. The van der Waals surface area contributed by atoms with Crippen LogP contribution < -0.4 is 10.6 Å². The predicted octanol–water partition coefficient (Wildman–Crippen LogP) is 0.932. The molecule has 1 aliphatic heterocycles. The summed E-state index contributed by atoms with van der Waals surface area (Å²) in [5.74, 6) is -0.110. The minimum atomic E-state index is -0.337. The number of carbonyl (C=O) groups is 2. The third kappa shape index (κ3) is 3.32. The van der Waals surface area contributed by atoms with Crippen LogP contribution in [-0.4, -0.2) is 24.4 Å². The summed E-state index contributed by atoms with van der Waals surface area (Å²) in [6.45, 7) is 2.66. The SMILES string of the molecule is Cc1ccc(CCNC(=O)[C@H]2CCC(=O)N2)cc1. The highest BCUT2D eigenvalue weighted by molar-refractivity contribution is 5.90. The number of hydrogen-bond donors (Lipinski definition) is 2. The smallest absolute Gasteiger partial charge is 0.242 e. The minimum absolute atomic E-state index is 0.0336. The van der Waals surface area contributed by atoms with Crippen LogP contribution in [0.2, 0.25) is 0 Å². The van der Waals surface area contributed by atoms with Crippen molar-refractivity contribution in [1.29, 1.82) is 0 Å². The minimum Gasteiger partial charge on any atom is -0.354 e. The van der Waals surface area contributed by atoms with E-state index in [-0.39, 0.29) is 17.9 Å². The first-order valence-corrected chi connectivity index (χ1v) is 6.28. The molecule has 2 amide bonds. The van der Waals surface area contributed by atoms with Crippen LogP contribution in [0.5, 0.6) is 0 Å². The van der Waals surface area contributed by atoms with Crippen LogP contribution in [0.25, 0.3) is 0 Å². The fraction of sp³-hybridized carbons (Fsp3) is 0.429. The number of benzene rings is 1. The van der Waals surface area contributed by atoms with E-state index in [1.807, 2.05) is 6.92 Å². The molecule has 1 fully saturated rings. The number of amides is 2. The molecule has 1 aromatic rings. The van der Waals surface area contributed by atoms with Crippen molar-refractivity contribution in [2.45, 2.75) is 32.2 Å². The van der Waals surface area contributed by atoms with E-state index in [0.717, 1.165) is 6.42 Å². The zero-order valence-electron chi connectivity index (χ0n) is 10.5. The van der Waals surface area contributed by atoms with Crippen molar-refractivity contribution in [2.24, 2.45) is 0 Å². The molecular weight excluding hydrogens is 228 g/mol. The Morgan fingerprint density at radius 3 is 2.72 bits per heavy atom. The van der Waals surface area contributed by atoms with E-state index in [1.165, 1.54) is 11.1 Å². The van der Waals surface area contributed by atoms with Gasteiger partial charge in [-0.2, -0.15) is 0 Å². The van der Waals surface area contributed by atoms with Gasteiger partial charge in [0.25, 0.3) is 0 Å². The van der Waals surface area contributed by atoms with Crippen LogP contribution in [0.15, 0.2) is 24.3 Å². The highest BCUT2D eigenvalue weighted by Gasteiger charge is 2.26. The maximum atomic E-state index is 11.7. The molecule has 0 saturated carbocycles. The van der Waals surface area contributed by atoms with Crippen LogP contribution in [0.4, 0.5) is 0 Å². The summed E-state index contributed by atoms with van der Waals surface area (Å²) in [5.41, 5.74) is 2.44. The Hall–Kier alpha value is -1.84. The monoisotopic (exact) mass is 246 g/mol. The maximum absolute atomic E-state index is 11.7. The van der Waals surface area contributed by atoms with Gasteiger partial charge < -0.3 is 10.6 Å². The molecule has 4 nitrogen and oxygen atoms in total. The second-order valence-corrected chi connectivity index (χ2v) is 4.69. The van der Waals surface area contributed by atoms with Crippen molar-refractivity contribution >= 4 is 11.8 Å². The molecule has 1 heterocycles. The zero-order valence-corrected chi connectivity index (χ0v) is 10.5. The summed E-state index contributed by atoms with van der Waals surface area (Å²) < 4.78 is 0. The predicted molar refractivity (Wildman–Crippen MR) is 69.1 cm³/mol. The van der Waals surface area contributed by atoms with Gasteiger partial charge in [-0.15, -0.1) is 0 Å². The lowest BCUT2D eigenvalue weighted by atomic mass is 10.1. The van der Waals surface area contributed by atoms with Gasteiger partial charge in [-0.1, -0.05) is 29.8 Å². The molecule has 2 N–H and O–H groups in total. The molecule has 1 aliphatic rings. The molecule has 0 bridgehead atoms. The molecular formula is C14H18N2O2. The van der Waals surface area contributed by atoms with E-state index in [2.05, 4.69) is 34.9 Å². The largest absolute Gasteiger partial charge is 0.354 e. The average molecular weight is 246 g/mol. The Kier molecular flexibility index (Phi) is 3.97. The van der Waals surface area contributed by atoms with Gasteiger partial charge in [0.15, 0.2) is 0 Å². The molecule has 1 atom stereocenters. The van der Waals surface area contributed by atoms with Gasteiger partial charge in [-0.05, 0) is 25.3 Å². The first-order chi connectivity index (χ1) is 8.65. The summed E-state index contributed by atoms with van der Waals surface area (Å²) >= 11 is 0. The Bertz CT molecular complexity index is 440. The maximum Gasteiger partial charge on any atom is 0.242 e. The molecule has 0 unspecified atom stereocenters. The van der Waals surface area contributed by atoms with Crippen LogP contribution in [0.3, 0.4) is 0 Å². The van der Waals surface area contributed by atoms with Crippen molar-refractivity contribution in [1.82, 2.24) is 10.6 Å². The van der Waals surface area contributed by atoms with E-state index in [9.17, 15) is 9.59 Å². The van der Waals surface area contributed by atoms with Gasteiger partial charge in [0.2, 0.25) is 11.8 Å². The first kappa shape index (κ1) is 12.6. The molecule has 1 aromatic carbocycles. The highest BCUT2D eigenvalue weighted by Crippen LogP contribution is 2.06. The summed E-state index contributed by atoms with van der Waals surface area (Å²) in [6.07, 6.45) is 1.87. The van der Waals surface area contributed by atoms with E-state index in [4.69, 9.17) is 0 Å². The fourth-order valence-corrected chi connectivity index (χ4v) is 2.02. The Morgan fingerprint density at radius 1 is 1.39 bits per heavy atom. The van der Waals surface area contributed by atoms with Crippen molar-refractivity contribution < 1.29 is 9.59 Å². The molecule has 0 aliphatic carbocycles. The van der Waals surface area contributed by atoms with Gasteiger partial charge in [0, 0.05) is 13.0 Å². The average Bonchev–Trinajstić information content (AvgIpc) is 2.78. The summed E-state index contributed by atoms with van der Waals surface area (Å²) in [5, 5.41) is 5.51. The van der Waals surface area contributed by atoms with Gasteiger partial charge in [0.1, 0.15) is 6.04 Å². The molecule has 1 saturated heterocycles. The highest BCUT2D eigenvalue weighted by atomic mass is 16.2. The summed E-state index contributed by atoms with van der Waals surface area (Å²) in [6, 6.07) is 7.93. The van der Waals surface area contributed by atoms with Crippen molar-refractivity contribution in [3.63, 3.8) is 0 Å². The molecule has 4 heteroatoms. The van der Waals surface area contributed by atoms with Gasteiger partial charge >= 0.3 is 0 Å². The van der Waals surface area contributed by atoms with Crippen LogP contribution in [0.1, 0.15) is 24.0 Å². The van der Waals surface area contributed by atoms with Crippen molar-refractivity contribution in [3.8, 4) is 0 Å². The lowest BCUT2D eigenvalue weighted by Gasteiger charge is -2.10. The number of carbonyl (C=O) groups excluding carboxylic acids is 2. The second kappa shape index (κ2) is 5.67. The van der Waals surface area contributed by atoms with Crippen molar-refractivity contribution in [3.05, 3.63) is 35.4 Å². The first-order valence-electron chi connectivity index (χ1n) is 6.28. The zero-order chi connectivity index (χ0) is 13.0. The lowest BCUT2D eigenvalue weighted by molar-refractivity contribution is -0.125.